The third-order valence-corrected chi connectivity index (χ3v) is 5.21. The molecule has 0 bridgehead atoms. The predicted molar refractivity (Wildman–Crippen MR) is 80.3 cm³/mol. The minimum absolute atomic E-state index is 0.305. The molecule has 2 nitrogen and oxygen atoms in total. The van der Waals surface area contributed by atoms with Crippen molar-refractivity contribution in [3.8, 4) is 0 Å². The minimum Gasteiger partial charge on any atom is -0.390 e. The number of nitrogens with zero attached hydrogens (tertiary/aromatic N) is 1. The van der Waals surface area contributed by atoms with E-state index in [0.717, 1.165) is 31.7 Å². The van der Waals surface area contributed by atoms with Crippen LogP contribution in [-0.2, 0) is 0 Å². The third kappa shape index (κ3) is 3.88. The Kier molecular flexibility index (Phi) is 5.84. The quantitative estimate of drug-likeness (QED) is 0.573. The van der Waals surface area contributed by atoms with Crippen LogP contribution in [-0.4, -0.2) is 41.0 Å². The number of thiol groups is 1. The monoisotopic (exact) mass is 271 g/mol. The van der Waals surface area contributed by atoms with Crippen molar-refractivity contribution in [1.82, 2.24) is 4.90 Å². The molecule has 0 aromatic rings. The number of likely N-dealkylation sites (tertiary alicyclic amines) is 1. The molecule has 0 spiro atoms. The number of piperidine rings is 1. The lowest BCUT2D eigenvalue weighted by Crippen LogP contribution is -2.53. The molecule has 106 valence electrons. The van der Waals surface area contributed by atoms with Gasteiger partial charge in [-0.15, -0.1) is 0 Å². The van der Waals surface area contributed by atoms with Crippen molar-refractivity contribution >= 4 is 12.6 Å². The van der Waals surface area contributed by atoms with Gasteiger partial charge in [0.15, 0.2) is 0 Å². The average molecular weight is 271 g/mol. The molecule has 18 heavy (non-hydrogen) atoms. The lowest BCUT2D eigenvalue weighted by atomic mass is 9.71. The average Bonchev–Trinajstić information content (AvgIpc) is 2.38. The molecule has 3 heteroatoms. The summed E-state index contributed by atoms with van der Waals surface area (Å²) in [6.07, 6.45) is 11.1. The lowest BCUT2D eigenvalue weighted by Gasteiger charge is -2.47. The summed E-state index contributed by atoms with van der Waals surface area (Å²) < 4.78 is 0. The number of aliphatic hydroxyl groups is 1. The summed E-state index contributed by atoms with van der Waals surface area (Å²) in [4.78, 5) is 2.59. The molecule has 0 aromatic carbocycles. The maximum Gasteiger partial charge on any atom is 0.0700 e. The van der Waals surface area contributed by atoms with E-state index < -0.39 is 0 Å². The summed E-state index contributed by atoms with van der Waals surface area (Å²) in [5.74, 6) is 1.58. The summed E-state index contributed by atoms with van der Waals surface area (Å²) in [6, 6.07) is 0. The zero-order valence-corrected chi connectivity index (χ0v) is 12.5. The second-order valence-electron chi connectivity index (χ2n) is 6.23. The molecule has 0 amide bonds. The van der Waals surface area contributed by atoms with Crippen molar-refractivity contribution in [2.75, 3.05) is 25.4 Å². The standard InChI is InChI=1S/C15H29NOS/c17-15-8-4-3-7-14(15)13-16(11-9-15)10-5-1-2-6-12-18/h14,17-18H,1-13H2. The molecule has 1 heterocycles. The smallest absolute Gasteiger partial charge is 0.0700 e. The molecular formula is C15H29NOS. The molecule has 0 aromatic heterocycles. The van der Waals surface area contributed by atoms with Crippen LogP contribution in [0.4, 0.5) is 0 Å². The van der Waals surface area contributed by atoms with Crippen LogP contribution in [0, 0.1) is 5.92 Å². The van der Waals surface area contributed by atoms with Crippen LogP contribution >= 0.6 is 12.6 Å². The van der Waals surface area contributed by atoms with Crippen LogP contribution in [0.2, 0.25) is 0 Å². The second kappa shape index (κ2) is 7.16. The summed E-state index contributed by atoms with van der Waals surface area (Å²) in [5, 5.41) is 10.6. The van der Waals surface area contributed by atoms with Gasteiger partial charge in [-0.2, -0.15) is 12.6 Å². The van der Waals surface area contributed by atoms with Gasteiger partial charge in [0.2, 0.25) is 0 Å². The minimum atomic E-state index is -0.305. The van der Waals surface area contributed by atoms with Crippen molar-refractivity contribution in [2.45, 2.75) is 63.4 Å². The van der Waals surface area contributed by atoms with Gasteiger partial charge in [0.05, 0.1) is 5.60 Å². The van der Waals surface area contributed by atoms with Gasteiger partial charge < -0.3 is 10.0 Å². The van der Waals surface area contributed by atoms with Crippen molar-refractivity contribution in [3.05, 3.63) is 0 Å². The van der Waals surface area contributed by atoms with E-state index >= 15 is 0 Å². The molecule has 2 unspecified atom stereocenters. The molecule has 1 aliphatic heterocycles. The maximum atomic E-state index is 10.6. The Morgan fingerprint density at radius 3 is 2.78 bits per heavy atom. The van der Waals surface area contributed by atoms with Crippen LogP contribution in [0.25, 0.3) is 0 Å². The molecule has 1 saturated heterocycles. The Morgan fingerprint density at radius 1 is 1.11 bits per heavy atom. The van der Waals surface area contributed by atoms with Gasteiger partial charge in [-0.25, -0.2) is 0 Å². The fourth-order valence-electron chi connectivity index (χ4n) is 3.64. The fourth-order valence-corrected chi connectivity index (χ4v) is 3.87. The summed E-state index contributed by atoms with van der Waals surface area (Å²) in [6.45, 7) is 3.49. The largest absolute Gasteiger partial charge is 0.390 e. The zero-order valence-electron chi connectivity index (χ0n) is 11.6. The first kappa shape index (κ1) is 14.7. The van der Waals surface area contributed by atoms with E-state index in [2.05, 4.69) is 17.5 Å². The van der Waals surface area contributed by atoms with Gasteiger partial charge in [-0.3, -0.25) is 0 Å². The molecular weight excluding hydrogens is 242 g/mol. The topological polar surface area (TPSA) is 23.5 Å². The van der Waals surface area contributed by atoms with Crippen LogP contribution in [0.1, 0.15) is 57.8 Å². The van der Waals surface area contributed by atoms with Gasteiger partial charge in [0.1, 0.15) is 0 Å². The highest BCUT2D eigenvalue weighted by molar-refractivity contribution is 7.80. The van der Waals surface area contributed by atoms with Gasteiger partial charge in [-0.1, -0.05) is 25.7 Å². The van der Waals surface area contributed by atoms with E-state index in [1.54, 1.807) is 0 Å². The highest BCUT2D eigenvalue weighted by atomic mass is 32.1. The SMILES string of the molecule is OC12CCCCC1CN(CCCCCCS)CC2. The number of hydrogen-bond donors (Lipinski definition) is 2. The van der Waals surface area contributed by atoms with Crippen molar-refractivity contribution in [3.63, 3.8) is 0 Å². The normalized spacial score (nSPS) is 33.3. The van der Waals surface area contributed by atoms with E-state index in [0.29, 0.717) is 5.92 Å². The zero-order chi connectivity index (χ0) is 12.8. The van der Waals surface area contributed by atoms with Gasteiger partial charge in [-0.05, 0) is 44.4 Å². The van der Waals surface area contributed by atoms with Crippen molar-refractivity contribution in [2.24, 2.45) is 5.92 Å². The molecule has 2 aliphatic rings. The van der Waals surface area contributed by atoms with E-state index in [-0.39, 0.29) is 5.60 Å². The third-order valence-electron chi connectivity index (χ3n) is 4.89. The Labute approximate surface area is 118 Å². The molecule has 1 saturated carbocycles. The summed E-state index contributed by atoms with van der Waals surface area (Å²) in [7, 11) is 0. The molecule has 2 fully saturated rings. The van der Waals surface area contributed by atoms with Gasteiger partial charge in [0, 0.05) is 19.0 Å². The number of rotatable bonds is 6. The van der Waals surface area contributed by atoms with Crippen molar-refractivity contribution in [1.29, 1.82) is 0 Å². The Morgan fingerprint density at radius 2 is 1.94 bits per heavy atom. The van der Waals surface area contributed by atoms with E-state index in [9.17, 15) is 5.11 Å². The Bertz CT molecular complexity index is 249. The van der Waals surface area contributed by atoms with Crippen molar-refractivity contribution < 1.29 is 5.11 Å². The van der Waals surface area contributed by atoms with Gasteiger partial charge in [0.25, 0.3) is 0 Å². The molecule has 1 aliphatic carbocycles. The van der Waals surface area contributed by atoms with E-state index in [4.69, 9.17) is 0 Å². The van der Waals surface area contributed by atoms with Crippen LogP contribution in [0.5, 0.6) is 0 Å². The maximum absolute atomic E-state index is 10.6. The van der Waals surface area contributed by atoms with E-state index in [1.165, 1.54) is 51.5 Å². The number of fused-ring (bicyclic) bond motifs is 1. The first-order chi connectivity index (χ1) is 8.74. The second-order valence-corrected chi connectivity index (χ2v) is 6.68. The lowest BCUT2D eigenvalue weighted by molar-refractivity contribution is -0.0953. The first-order valence-electron chi connectivity index (χ1n) is 7.80. The van der Waals surface area contributed by atoms with Crippen LogP contribution in [0.3, 0.4) is 0 Å². The molecule has 2 atom stereocenters. The van der Waals surface area contributed by atoms with Crippen LogP contribution < -0.4 is 0 Å². The fraction of sp³-hybridized carbons (Fsp3) is 1.00. The first-order valence-corrected chi connectivity index (χ1v) is 8.43. The predicted octanol–water partition coefficient (Wildman–Crippen LogP) is 3.10. The highest BCUT2D eigenvalue weighted by Crippen LogP contribution is 2.39. The van der Waals surface area contributed by atoms with E-state index in [1.807, 2.05) is 0 Å². The van der Waals surface area contributed by atoms with Gasteiger partial charge >= 0.3 is 0 Å². The Hall–Kier alpha value is 0.270. The molecule has 1 N–H and O–H groups in total. The molecule has 2 rings (SSSR count). The number of unbranched alkanes of at least 4 members (excludes halogenated alkanes) is 3. The molecule has 0 radical (unpaired) electrons. The van der Waals surface area contributed by atoms with Crippen LogP contribution in [0.15, 0.2) is 0 Å². The Balaban J connectivity index is 1.67. The summed E-state index contributed by atoms with van der Waals surface area (Å²) >= 11 is 4.25. The summed E-state index contributed by atoms with van der Waals surface area (Å²) in [5.41, 5.74) is -0.305. The highest BCUT2D eigenvalue weighted by Gasteiger charge is 2.42. The number of hydrogen-bond acceptors (Lipinski definition) is 3.